The molecule has 0 saturated carbocycles. The van der Waals surface area contributed by atoms with Crippen LogP contribution < -0.4 is 0 Å². The van der Waals surface area contributed by atoms with Gasteiger partial charge in [-0.3, -0.25) is 0 Å². The molecule has 0 amide bonds. The van der Waals surface area contributed by atoms with Crippen molar-refractivity contribution in [1.82, 2.24) is 0 Å². The summed E-state index contributed by atoms with van der Waals surface area (Å²) in [5.74, 6) is 0.289. The van der Waals surface area contributed by atoms with Gasteiger partial charge in [-0.25, -0.2) is 0 Å². The van der Waals surface area contributed by atoms with E-state index in [0.717, 1.165) is 26.1 Å². The molecule has 0 saturated heterocycles. The Morgan fingerprint density at radius 1 is 1.14 bits per heavy atom. The van der Waals surface area contributed by atoms with Gasteiger partial charge in [0.05, 0.1) is 0 Å². The summed E-state index contributed by atoms with van der Waals surface area (Å²) >= 11 is 0. The zero-order valence-electron chi connectivity index (χ0n) is 10.1. The number of ketones is 1. The average Bonchev–Trinajstić information content (AvgIpc) is 2.05. The molecule has 0 aliphatic carbocycles. The average molecular weight is 204 g/mol. The van der Waals surface area contributed by atoms with Crippen LogP contribution in [-0.2, 0) is 14.3 Å². The monoisotopic (exact) mass is 204 g/mol. The SMILES string of the molecule is CCCC(C)=O.CCOC(C)OCC. The molecule has 0 aromatic rings. The van der Waals surface area contributed by atoms with Crippen molar-refractivity contribution in [2.75, 3.05) is 13.2 Å². The normalized spacial score (nSPS) is 9.57. The second-order valence-corrected chi connectivity index (χ2v) is 2.93. The van der Waals surface area contributed by atoms with Crippen molar-refractivity contribution < 1.29 is 14.3 Å². The number of hydrogen-bond donors (Lipinski definition) is 0. The molecule has 0 fully saturated rings. The van der Waals surface area contributed by atoms with Gasteiger partial charge in [0.25, 0.3) is 0 Å². The minimum atomic E-state index is -0.0370. The van der Waals surface area contributed by atoms with Crippen LogP contribution in [0.2, 0.25) is 0 Å². The van der Waals surface area contributed by atoms with E-state index in [9.17, 15) is 4.79 Å². The Labute approximate surface area is 87.8 Å². The summed E-state index contributed by atoms with van der Waals surface area (Å²) in [6.45, 7) is 10.9. The molecule has 3 nitrogen and oxygen atoms in total. The van der Waals surface area contributed by atoms with Crippen molar-refractivity contribution in [2.24, 2.45) is 0 Å². The molecule has 0 aliphatic rings. The highest BCUT2D eigenvalue weighted by atomic mass is 16.7. The van der Waals surface area contributed by atoms with Crippen LogP contribution >= 0.6 is 0 Å². The largest absolute Gasteiger partial charge is 0.353 e. The lowest BCUT2D eigenvalue weighted by Crippen LogP contribution is -2.11. The third-order valence-electron chi connectivity index (χ3n) is 1.40. The summed E-state index contributed by atoms with van der Waals surface area (Å²) in [7, 11) is 0. The smallest absolute Gasteiger partial charge is 0.154 e. The Kier molecular flexibility index (Phi) is 14.4. The van der Waals surface area contributed by atoms with Gasteiger partial charge in [-0.2, -0.15) is 0 Å². The molecule has 0 radical (unpaired) electrons. The fourth-order valence-electron chi connectivity index (χ4n) is 0.870. The Hall–Kier alpha value is -0.410. The van der Waals surface area contributed by atoms with Crippen LogP contribution in [0, 0.1) is 0 Å². The Bertz CT molecular complexity index is 118. The molecule has 0 rings (SSSR count). The van der Waals surface area contributed by atoms with Crippen LogP contribution in [0.3, 0.4) is 0 Å². The zero-order valence-corrected chi connectivity index (χ0v) is 10.1. The number of carbonyl (C=O) groups excluding carboxylic acids is 1. The first-order chi connectivity index (χ1) is 6.58. The van der Waals surface area contributed by atoms with Gasteiger partial charge < -0.3 is 14.3 Å². The van der Waals surface area contributed by atoms with Crippen molar-refractivity contribution in [1.29, 1.82) is 0 Å². The topological polar surface area (TPSA) is 35.5 Å². The Morgan fingerprint density at radius 2 is 1.57 bits per heavy atom. The van der Waals surface area contributed by atoms with E-state index in [1.165, 1.54) is 0 Å². The van der Waals surface area contributed by atoms with Gasteiger partial charge in [0.2, 0.25) is 0 Å². The molecule has 0 aliphatic heterocycles. The lowest BCUT2D eigenvalue weighted by Gasteiger charge is -2.09. The highest BCUT2D eigenvalue weighted by Gasteiger charge is 1.94. The van der Waals surface area contributed by atoms with Crippen molar-refractivity contribution in [3.8, 4) is 0 Å². The summed E-state index contributed by atoms with van der Waals surface area (Å²) < 4.78 is 10.1. The van der Waals surface area contributed by atoms with E-state index < -0.39 is 0 Å². The summed E-state index contributed by atoms with van der Waals surface area (Å²) in [6, 6.07) is 0. The minimum absolute atomic E-state index is 0.0370. The number of rotatable bonds is 6. The highest BCUT2D eigenvalue weighted by molar-refractivity contribution is 5.75. The van der Waals surface area contributed by atoms with E-state index in [1.54, 1.807) is 6.92 Å². The van der Waals surface area contributed by atoms with Gasteiger partial charge in [-0.1, -0.05) is 6.92 Å². The van der Waals surface area contributed by atoms with Crippen molar-refractivity contribution >= 4 is 5.78 Å². The maximum absolute atomic E-state index is 10.0. The molecule has 0 heterocycles. The quantitative estimate of drug-likeness (QED) is 0.624. The standard InChI is InChI=1S/C6H14O2.C5H10O/c1-4-7-6(3)8-5-2;1-3-4-5(2)6/h6H,4-5H2,1-3H3;3-4H2,1-2H3. The van der Waals surface area contributed by atoms with Gasteiger partial charge in [0.1, 0.15) is 5.78 Å². The van der Waals surface area contributed by atoms with Crippen molar-refractivity contribution in [3.63, 3.8) is 0 Å². The fraction of sp³-hybridized carbons (Fsp3) is 0.909. The van der Waals surface area contributed by atoms with E-state index in [2.05, 4.69) is 0 Å². The molecule has 14 heavy (non-hydrogen) atoms. The highest BCUT2D eigenvalue weighted by Crippen LogP contribution is 1.90. The number of hydrogen-bond acceptors (Lipinski definition) is 3. The molecular formula is C11H24O3. The van der Waals surface area contributed by atoms with Crippen LogP contribution in [0.1, 0.15) is 47.5 Å². The second-order valence-electron chi connectivity index (χ2n) is 2.93. The molecule has 0 atom stereocenters. The summed E-state index contributed by atoms with van der Waals surface area (Å²) in [5, 5.41) is 0. The third kappa shape index (κ3) is 17.6. The first kappa shape index (κ1) is 16.0. The van der Waals surface area contributed by atoms with E-state index in [1.807, 2.05) is 27.7 Å². The van der Waals surface area contributed by atoms with E-state index in [4.69, 9.17) is 9.47 Å². The van der Waals surface area contributed by atoms with Gasteiger partial charge >= 0.3 is 0 Å². The predicted octanol–water partition coefficient (Wildman–Crippen LogP) is 2.78. The van der Waals surface area contributed by atoms with Crippen molar-refractivity contribution in [2.45, 2.75) is 53.8 Å². The van der Waals surface area contributed by atoms with Crippen molar-refractivity contribution in [3.05, 3.63) is 0 Å². The van der Waals surface area contributed by atoms with E-state index in [-0.39, 0.29) is 12.1 Å². The molecule has 0 spiro atoms. The molecule has 0 bridgehead atoms. The molecule has 0 aromatic heterocycles. The molecule has 0 N–H and O–H groups in total. The molecule has 0 aromatic carbocycles. The Balaban J connectivity index is 0. The van der Waals surface area contributed by atoms with Crippen LogP contribution in [0.4, 0.5) is 0 Å². The lowest BCUT2D eigenvalue weighted by molar-refractivity contribution is -0.123. The van der Waals surface area contributed by atoms with Gasteiger partial charge in [0, 0.05) is 19.6 Å². The molecule has 86 valence electrons. The molecular weight excluding hydrogens is 180 g/mol. The third-order valence-corrected chi connectivity index (χ3v) is 1.40. The number of carbonyl (C=O) groups is 1. The lowest BCUT2D eigenvalue weighted by atomic mass is 10.3. The summed E-state index contributed by atoms with van der Waals surface area (Å²) in [4.78, 5) is 10.0. The van der Waals surface area contributed by atoms with Gasteiger partial charge in [-0.05, 0) is 34.1 Å². The zero-order chi connectivity index (χ0) is 11.4. The summed E-state index contributed by atoms with van der Waals surface area (Å²) in [5.41, 5.74) is 0. The van der Waals surface area contributed by atoms with E-state index >= 15 is 0 Å². The van der Waals surface area contributed by atoms with Crippen LogP contribution in [0.15, 0.2) is 0 Å². The Morgan fingerprint density at radius 3 is 1.71 bits per heavy atom. The van der Waals surface area contributed by atoms with Gasteiger partial charge in [-0.15, -0.1) is 0 Å². The molecule has 0 unspecified atom stereocenters. The predicted molar refractivity (Wildman–Crippen MR) is 58.3 cm³/mol. The van der Waals surface area contributed by atoms with Crippen LogP contribution in [-0.4, -0.2) is 25.3 Å². The maximum Gasteiger partial charge on any atom is 0.154 e. The van der Waals surface area contributed by atoms with Crippen LogP contribution in [0.5, 0.6) is 0 Å². The van der Waals surface area contributed by atoms with Gasteiger partial charge in [0.15, 0.2) is 6.29 Å². The second kappa shape index (κ2) is 12.6. The van der Waals surface area contributed by atoms with E-state index in [0.29, 0.717) is 0 Å². The first-order valence-corrected chi connectivity index (χ1v) is 5.31. The number of ether oxygens (including phenoxy) is 2. The first-order valence-electron chi connectivity index (χ1n) is 5.31. The number of Topliss-reactive ketones (excluding diaryl/α,β-unsaturated/α-hetero) is 1. The minimum Gasteiger partial charge on any atom is -0.353 e. The summed E-state index contributed by atoms with van der Waals surface area (Å²) in [6.07, 6.45) is 1.68. The molecule has 3 heteroatoms. The van der Waals surface area contributed by atoms with Crippen LogP contribution in [0.25, 0.3) is 0 Å². The maximum atomic E-state index is 10.0. The fourth-order valence-corrected chi connectivity index (χ4v) is 0.870.